The van der Waals surface area contributed by atoms with Crippen LogP contribution in [0.5, 0.6) is 0 Å². The lowest BCUT2D eigenvalue weighted by Crippen LogP contribution is -2.28. The molecule has 1 saturated heterocycles. The van der Waals surface area contributed by atoms with Crippen LogP contribution < -0.4 is 11.4 Å². The van der Waals surface area contributed by atoms with E-state index >= 15 is 0 Å². The van der Waals surface area contributed by atoms with E-state index in [0.717, 1.165) is 4.57 Å². The van der Waals surface area contributed by atoms with E-state index in [0.29, 0.717) is 0 Å². The first kappa shape index (κ1) is 19.2. The van der Waals surface area contributed by atoms with Gasteiger partial charge in [-0.1, -0.05) is 0 Å². The summed E-state index contributed by atoms with van der Waals surface area (Å²) in [5, 5.41) is 9.86. The van der Waals surface area contributed by atoms with Gasteiger partial charge in [0.15, 0.2) is 0 Å². The molecule has 1 unspecified atom stereocenters. The van der Waals surface area contributed by atoms with Crippen molar-refractivity contribution in [2.45, 2.75) is 24.9 Å². The van der Waals surface area contributed by atoms with Gasteiger partial charge in [0.05, 0.1) is 12.7 Å². The largest absolute Gasteiger partial charge is 0.481 e. The first-order valence-electron chi connectivity index (χ1n) is 6.39. The molecule has 0 bridgehead atoms. The molecule has 4 atom stereocenters. The molecular formula is C9H15N3O10P2. The monoisotopic (exact) mass is 387 g/mol. The lowest BCUT2D eigenvalue weighted by molar-refractivity contribution is -0.0449. The molecule has 1 aliphatic heterocycles. The lowest BCUT2D eigenvalue weighted by atomic mass is 10.2. The zero-order valence-corrected chi connectivity index (χ0v) is 13.7. The van der Waals surface area contributed by atoms with E-state index in [9.17, 15) is 19.0 Å². The molecule has 13 nitrogen and oxygen atoms in total. The van der Waals surface area contributed by atoms with E-state index < -0.39 is 46.4 Å². The summed E-state index contributed by atoms with van der Waals surface area (Å²) >= 11 is 0. The van der Waals surface area contributed by atoms with Crippen molar-refractivity contribution >= 4 is 21.5 Å². The Balaban J connectivity index is 2.00. The molecule has 0 amide bonds. The maximum absolute atomic E-state index is 11.7. The molecule has 0 aliphatic carbocycles. The minimum absolute atomic E-state index is 0.00508. The second-order valence-corrected chi connectivity index (χ2v) is 7.64. The van der Waals surface area contributed by atoms with Crippen molar-refractivity contribution in [1.82, 2.24) is 9.55 Å². The molecule has 0 radical (unpaired) electrons. The third kappa shape index (κ3) is 5.18. The van der Waals surface area contributed by atoms with Gasteiger partial charge in [-0.25, -0.2) is 13.9 Å². The van der Waals surface area contributed by atoms with E-state index in [4.69, 9.17) is 25.2 Å². The molecule has 1 aromatic heterocycles. The number of ether oxygens (including phenoxy) is 1. The Hall–Kier alpha value is -1.14. The summed E-state index contributed by atoms with van der Waals surface area (Å²) in [5.74, 6) is 0.00508. The zero-order valence-electron chi connectivity index (χ0n) is 11.9. The quantitative estimate of drug-likeness (QED) is 0.361. The van der Waals surface area contributed by atoms with Gasteiger partial charge in [-0.3, -0.25) is 9.09 Å². The lowest BCUT2D eigenvalue weighted by Gasteiger charge is -2.18. The van der Waals surface area contributed by atoms with Crippen molar-refractivity contribution in [3.63, 3.8) is 0 Å². The molecule has 1 aromatic rings. The smallest absolute Gasteiger partial charge is 0.390 e. The van der Waals surface area contributed by atoms with Crippen molar-refractivity contribution in [2.24, 2.45) is 0 Å². The fourth-order valence-electron chi connectivity index (χ4n) is 2.01. The van der Waals surface area contributed by atoms with Crippen LogP contribution in [0.1, 0.15) is 12.6 Å². The van der Waals surface area contributed by atoms with Crippen LogP contribution in [-0.2, 0) is 22.7 Å². The Morgan fingerprint density at radius 3 is 2.67 bits per heavy atom. The fraction of sp³-hybridized carbons (Fsp3) is 0.556. The van der Waals surface area contributed by atoms with Crippen molar-refractivity contribution in [3.05, 3.63) is 22.7 Å². The normalized spacial score (nSPS) is 27.1. The summed E-state index contributed by atoms with van der Waals surface area (Å²) in [6.07, 6.45) is -1.97. The molecule has 0 aromatic carbocycles. The molecule has 24 heavy (non-hydrogen) atoms. The van der Waals surface area contributed by atoms with Crippen molar-refractivity contribution in [2.75, 3.05) is 12.3 Å². The van der Waals surface area contributed by atoms with Crippen LogP contribution >= 0.6 is 15.6 Å². The number of aliphatic hydroxyl groups is 1. The van der Waals surface area contributed by atoms with Gasteiger partial charge in [0, 0.05) is 12.6 Å². The highest BCUT2D eigenvalue weighted by Crippen LogP contribution is 2.57. The number of rotatable bonds is 6. The summed E-state index contributed by atoms with van der Waals surface area (Å²) in [6.45, 7) is -0.706. The predicted molar refractivity (Wildman–Crippen MR) is 76.3 cm³/mol. The molecule has 6 N–H and O–H groups in total. The van der Waals surface area contributed by atoms with Crippen LogP contribution in [0.15, 0.2) is 17.1 Å². The van der Waals surface area contributed by atoms with E-state index in [1.54, 1.807) is 0 Å². The van der Waals surface area contributed by atoms with Gasteiger partial charge < -0.3 is 30.3 Å². The van der Waals surface area contributed by atoms with Crippen molar-refractivity contribution < 1.29 is 42.5 Å². The Labute approximate surface area is 134 Å². The van der Waals surface area contributed by atoms with E-state index in [-0.39, 0.29) is 12.2 Å². The number of nitrogens with two attached hydrogens (primary N) is 1. The molecule has 1 fully saturated rings. The molecule has 0 spiro atoms. The van der Waals surface area contributed by atoms with E-state index in [1.807, 2.05) is 0 Å². The summed E-state index contributed by atoms with van der Waals surface area (Å²) in [5.41, 5.74) is 4.64. The first-order valence-corrected chi connectivity index (χ1v) is 9.42. The predicted octanol–water partition coefficient (Wildman–Crippen LogP) is -1.30. The molecule has 0 saturated carbocycles. The first-order chi connectivity index (χ1) is 11.0. The average Bonchev–Trinajstić information content (AvgIpc) is 2.75. The molecule has 15 heteroatoms. The Kier molecular flexibility index (Phi) is 5.60. The average molecular weight is 387 g/mol. The Morgan fingerprint density at radius 1 is 1.42 bits per heavy atom. The van der Waals surface area contributed by atoms with Gasteiger partial charge in [0.25, 0.3) is 0 Å². The molecule has 2 rings (SSSR count). The third-order valence-electron chi connectivity index (χ3n) is 2.98. The van der Waals surface area contributed by atoms with Crippen LogP contribution in [0.2, 0.25) is 0 Å². The molecule has 1 aliphatic rings. The minimum atomic E-state index is -5.24. The maximum atomic E-state index is 11.7. The number of aliphatic hydroxyl groups excluding tert-OH is 1. The zero-order chi connectivity index (χ0) is 18.1. The minimum Gasteiger partial charge on any atom is -0.390 e. The summed E-state index contributed by atoms with van der Waals surface area (Å²) in [6, 6.07) is 1.34. The summed E-state index contributed by atoms with van der Waals surface area (Å²) in [7, 11) is -10.3. The van der Waals surface area contributed by atoms with Crippen LogP contribution in [0, 0.1) is 0 Å². The van der Waals surface area contributed by atoms with Gasteiger partial charge in [-0.15, -0.1) is 0 Å². The van der Waals surface area contributed by atoms with Crippen LogP contribution in [0.25, 0.3) is 0 Å². The number of hydrogen-bond acceptors (Lipinski definition) is 9. The van der Waals surface area contributed by atoms with Gasteiger partial charge in [0.1, 0.15) is 18.1 Å². The molecule has 2 heterocycles. The number of nitrogen functional groups attached to an aromatic ring is 1. The highest BCUT2D eigenvalue weighted by molar-refractivity contribution is 7.60. The van der Waals surface area contributed by atoms with Gasteiger partial charge in [-0.05, 0) is 6.07 Å². The van der Waals surface area contributed by atoms with Crippen LogP contribution in [0.4, 0.5) is 5.82 Å². The number of nitrogens with zero attached hydrogens (tertiary/aromatic N) is 2. The second-order valence-electron chi connectivity index (χ2n) is 4.81. The number of aromatic nitrogens is 2. The Morgan fingerprint density at radius 2 is 2.08 bits per heavy atom. The maximum Gasteiger partial charge on any atom is 0.481 e. The van der Waals surface area contributed by atoms with E-state index in [1.165, 1.54) is 12.3 Å². The Bertz CT molecular complexity index is 747. The highest BCUT2D eigenvalue weighted by Gasteiger charge is 2.39. The van der Waals surface area contributed by atoms with Crippen molar-refractivity contribution in [3.8, 4) is 0 Å². The number of anilines is 1. The second kappa shape index (κ2) is 7.00. The number of hydrogen-bond donors (Lipinski definition) is 5. The van der Waals surface area contributed by atoms with Crippen LogP contribution in [0.3, 0.4) is 0 Å². The summed E-state index contributed by atoms with van der Waals surface area (Å²) in [4.78, 5) is 41.3. The third-order valence-corrected chi connectivity index (χ3v) is 5.13. The standard InChI is InChI=1S/C9H15N3O10P2/c10-7-1-2-12(9(14)11-7)8-3-5(13)6(21-8)4-20-24(18,19)22-23(15,16)17/h1-2,5-6,8,13H,3-4H2,(H,18,19)(H2,10,11,14)(H2,15,16,17)/t5-,6-,8-/m0/s1. The molecular weight excluding hydrogens is 372 g/mol. The summed E-state index contributed by atoms with van der Waals surface area (Å²) < 4.78 is 36.2. The topological polar surface area (TPSA) is 204 Å². The molecule has 136 valence electrons. The van der Waals surface area contributed by atoms with E-state index in [2.05, 4.69) is 13.8 Å². The SMILES string of the molecule is Nc1ccn([C@@H]2C[C@H](O)[C@H](COP(=O)(O)OP(=O)(O)O)O2)c(=O)n1. The van der Waals surface area contributed by atoms with Gasteiger partial charge in [-0.2, -0.15) is 9.29 Å². The van der Waals surface area contributed by atoms with Crippen LogP contribution in [-0.4, -0.2) is 48.2 Å². The van der Waals surface area contributed by atoms with Crippen molar-refractivity contribution in [1.29, 1.82) is 0 Å². The number of phosphoric acid groups is 2. The highest BCUT2D eigenvalue weighted by atomic mass is 31.3. The fourth-order valence-corrected chi connectivity index (χ4v) is 3.61. The van der Waals surface area contributed by atoms with Gasteiger partial charge in [0.2, 0.25) is 0 Å². The van der Waals surface area contributed by atoms with Gasteiger partial charge >= 0.3 is 21.3 Å². The number of phosphoric ester groups is 1.